The Labute approximate surface area is 622 Å². The molecule has 21 rings (SSSR count). The highest BCUT2D eigenvalue weighted by molar-refractivity contribution is 7.76. The van der Waals surface area contributed by atoms with Crippen LogP contribution in [0.3, 0.4) is 0 Å². The minimum Gasteiger partial charge on any atom is -0.456 e. The van der Waals surface area contributed by atoms with Gasteiger partial charge in [0.2, 0.25) is 11.1 Å². The number of rotatable bonds is 11. The van der Waals surface area contributed by atoms with Gasteiger partial charge in [0.15, 0.2) is 0 Å². The van der Waals surface area contributed by atoms with Gasteiger partial charge in [-0.25, -0.2) is 19.9 Å². The Kier molecular flexibility index (Phi) is 15.5. The van der Waals surface area contributed by atoms with E-state index in [1.54, 1.807) is 0 Å². The highest BCUT2D eigenvalue weighted by Gasteiger charge is 2.53. The van der Waals surface area contributed by atoms with Crippen molar-refractivity contribution >= 4 is 137 Å². The molecule has 12 nitrogen and oxygen atoms in total. The van der Waals surface area contributed by atoms with Gasteiger partial charge in [-0.1, -0.05) is 249 Å². The first-order valence-electron chi connectivity index (χ1n) is 35.9. The number of furan rings is 1. The zero-order valence-electron chi connectivity index (χ0n) is 58.0. The molecule has 15 aromatic carbocycles. The van der Waals surface area contributed by atoms with Crippen LogP contribution in [0.2, 0.25) is 0 Å². The van der Waals surface area contributed by atoms with Gasteiger partial charge in [0, 0.05) is 71.9 Å². The molecule has 0 saturated carbocycles. The van der Waals surface area contributed by atoms with Crippen LogP contribution in [0.5, 0.6) is 0 Å². The van der Waals surface area contributed by atoms with Crippen molar-refractivity contribution in [3.8, 4) is 50.5 Å². The second-order valence-electron chi connectivity index (χ2n) is 26.8. The van der Waals surface area contributed by atoms with Crippen LogP contribution in [-0.2, 0) is 9.13 Å². The average Bonchev–Trinajstić information content (AvgIpc) is 1.62. The Morgan fingerprint density at radius 1 is 0.231 bits per heavy atom. The lowest BCUT2D eigenvalue weighted by atomic mass is 10.0. The zero-order valence-corrected chi connectivity index (χ0v) is 59.8. The molecule has 0 spiro atoms. The first kappa shape index (κ1) is 63.9. The molecule has 512 valence electrons. The van der Waals surface area contributed by atoms with Crippen molar-refractivity contribution in [2.75, 3.05) is 18.7 Å². The van der Waals surface area contributed by atoms with Crippen LogP contribution < -0.4 is 29.8 Å². The van der Waals surface area contributed by atoms with E-state index in [-0.39, 0.29) is 11.1 Å². The second-order valence-corrected chi connectivity index (χ2v) is 31.4. The van der Waals surface area contributed by atoms with Gasteiger partial charge in [-0.05, 0) is 156 Å². The molecule has 0 aliphatic carbocycles. The third-order valence-corrected chi connectivity index (χ3v) is 25.9. The average molecular weight is 1430 g/mol. The number of benzene rings is 15. The first-order valence-corrected chi connectivity index (χ1v) is 39.1. The standard InChI is InChI=1S/C50H34N5OP.C44H29N4O2P/c56-57(50-51-44-27-15-13-26-42(44)49(52-50)35-17-5-1-6-18-35)54(39-21-9-3-10-22-39)47-32-30-37(34-48(47)55(57)40-23-11-4-12-24-40)36-29-31-46-43(33-36)41-25-14-16-28-45(41)53(46)38-19-7-2-8-20-38;49-51(44-45-38-22-12-10-21-36(38)43(46-44)30-14-4-1-5-15-30)47(33-16-6-2-7-17-33)39-26-24-32(29-40(39)48(51)34-18-8-3-9-19-34)31-25-27-42-37(28-31)35-20-11-13-23-41(35)50-42/h1-34H;1-29H. The summed E-state index contributed by atoms with van der Waals surface area (Å²) in [4.78, 5) is 20.8. The molecule has 0 amide bonds. The Morgan fingerprint density at radius 2 is 0.565 bits per heavy atom. The molecule has 14 heteroatoms. The van der Waals surface area contributed by atoms with E-state index in [9.17, 15) is 0 Å². The van der Waals surface area contributed by atoms with Crippen LogP contribution in [0.4, 0.5) is 45.5 Å². The van der Waals surface area contributed by atoms with Gasteiger partial charge in [-0.2, -0.15) is 0 Å². The van der Waals surface area contributed by atoms with E-state index >= 15 is 9.13 Å². The first-order chi connectivity index (χ1) is 53.3. The van der Waals surface area contributed by atoms with E-state index in [0.29, 0.717) is 0 Å². The Hall–Kier alpha value is -13.8. The topological polar surface area (TPSA) is 117 Å². The largest absolute Gasteiger partial charge is 0.456 e. The van der Waals surface area contributed by atoms with Gasteiger partial charge in [0.05, 0.1) is 56.2 Å². The van der Waals surface area contributed by atoms with Gasteiger partial charge in [0.1, 0.15) is 11.2 Å². The molecular formula is C94H63N9O3P2. The quantitative estimate of drug-likeness (QED) is 0.115. The summed E-state index contributed by atoms with van der Waals surface area (Å²) in [6.45, 7) is 0. The molecule has 0 radical (unpaired) electrons. The zero-order chi connectivity index (χ0) is 71.9. The lowest BCUT2D eigenvalue weighted by Gasteiger charge is -2.32. The van der Waals surface area contributed by atoms with E-state index in [1.165, 1.54) is 10.8 Å². The van der Waals surface area contributed by atoms with E-state index in [0.717, 1.165) is 151 Å². The summed E-state index contributed by atoms with van der Waals surface area (Å²) >= 11 is 0. The van der Waals surface area contributed by atoms with Crippen molar-refractivity contribution in [2.24, 2.45) is 0 Å². The summed E-state index contributed by atoms with van der Waals surface area (Å²) in [7, 11) is -7.76. The fourth-order valence-electron chi connectivity index (χ4n) is 15.6. The van der Waals surface area contributed by atoms with Crippen molar-refractivity contribution < 1.29 is 13.5 Å². The van der Waals surface area contributed by atoms with Crippen molar-refractivity contribution in [3.05, 3.63) is 382 Å². The Bertz CT molecular complexity index is 6790. The Balaban J connectivity index is 0.000000143. The maximum atomic E-state index is 16.8. The molecule has 6 heterocycles. The minimum atomic E-state index is -3.89. The molecule has 0 N–H and O–H groups in total. The number of hydrogen-bond acceptors (Lipinski definition) is 7. The molecular weight excluding hydrogens is 1370 g/mol. The smallest absolute Gasteiger partial charge is 0.338 e. The normalized spacial score (nSPS) is 15.3. The third kappa shape index (κ3) is 10.5. The van der Waals surface area contributed by atoms with Crippen LogP contribution in [0, 0.1) is 0 Å². The van der Waals surface area contributed by atoms with Crippen LogP contribution in [0.25, 0.3) is 116 Å². The fraction of sp³-hybridized carbons (Fsp3) is 0. The lowest BCUT2D eigenvalue weighted by molar-refractivity contribution is 0.580. The van der Waals surface area contributed by atoms with Gasteiger partial charge < -0.3 is 8.98 Å². The molecule has 19 aromatic rings. The lowest BCUT2D eigenvalue weighted by Crippen LogP contribution is -2.30. The molecule has 2 aliphatic rings. The van der Waals surface area contributed by atoms with Crippen LogP contribution in [0.15, 0.2) is 387 Å². The highest BCUT2D eigenvalue weighted by atomic mass is 31.2. The van der Waals surface area contributed by atoms with Crippen molar-refractivity contribution in [1.82, 2.24) is 24.5 Å². The summed E-state index contributed by atoms with van der Waals surface area (Å²) in [5, 5.41) is 6.29. The van der Waals surface area contributed by atoms with Gasteiger partial charge in [-0.15, -0.1) is 0 Å². The molecule has 0 bridgehead atoms. The van der Waals surface area contributed by atoms with Crippen LogP contribution in [-0.4, -0.2) is 24.5 Å². The predicted molar refractivity (Wildman–Crippen MR) is 444 cm³/mol. The fourth-order valence-corrected chi connectivity index (χ4v) is 21.2. The molecule has 2 unspecified atom stereocenters. The van der Waals surface area contributed by atoms with E-state index < -0.39 is 14.9 Å². The maximum absolute atomic E-state index is 16.8. The molecule has 2 aliphatic heterocycles. The van der Waals surface area contributed by atoms with Crippen LogP contribution in [0.1, 0.15) is 0 Å². The van der Waals surface area contributed by atoms with Gasteiger partial charge in [0.25, 0.3) is 0 Å². The molecule has 4 aromatic heterocycles. The highest BCUT2D eigenvalue weighted by Crippen LogP contribution is 2.72. The number of nitrogens with zero attached hydrogens (tertiary/aromatic N) is 9. The summed E-state index contributed by atoms with van der Waals surface area (Å²) in [6, 6.07) is 129. The van der Waals surface area contributed by atoms with E-state index in [2.05, 4.69) is 126 Å². The number of para-hydroxylation sites is 9. The number of anilines is 8. The molecule has 2 atom stereocenters. The van der Waals surface area contributed by atoms with E-state index in [4.69, 9.17) is 24.4 Å². The van der Waals surface area contributed by atoms with Crippen molar-refractivity contribution in [2.45, 2.75) is 0 Å². The molecule has 108 heavy (non-hydrogen) atoms. The Morgan fingerprint density at radius 3 is 1.04 bits per heavy atom. The van der Waals surface area contributed by atoms with Crippen molar-refractivity contribution in [1.29, 1.82) is 0 Å². The van der Waals surface area contributed by atoms with Crippen molar-refractivity contribution in [3.63, 3.8) is 0 Å². The van der Waals surface area contributed by atoms with Crippen LogP contribution >= 0.6 is 14.9 Å². The number of aromatic nitrogens is 5. The molecule has 0 fully saturated rings. The third-order valence-electron chi connectivity index (χ3n) is 20.5. The second kappa shape index (κ2) is 26.1. The minimum absolute atomic E-state index is 0.261. The monoisotopic (exact) mass is 1430 g/mol. The summed E-state index contributed by atoms with van der Waals surface area (Å²) in [5.74, 6) is 0. The van der Waals surface area contributed by atoms with E-state index in [1.807, 2.05) is 280 Å². The summed E-state index contributed by atoms with van der Waals surface area (Å²) in [5.41, 5.74) is 21.0. The van der Waals surface area contributed by atoms with Gasteiger partial charge >= 0.3 is 14.9 Å². The molecule has 0 saturated heterocycles. The number of fused-ring (bicyclic) bond motifs is 10. The van der Waals surface area contributed by atoms with Gasteiger partial charge in [-0.3, -0.25) is 27.8 Å². The SMILES string of the molecule is O=P1(c2nc(-c3ccccc3)c3ccccc3n2)N(c2ccccc2)c2ccc(-c3ccc4c(c3)c3ccccc3n4-c3ccccc3)cc2N1c1ccccc1.O=P1(c2nc(-c3ccccc3)c3ccccc3n2)N(c2ccccc2)c2ccc(-c3ccc4oc5ccccc5c4c3)cc2N1c1ccccc1. The maximum Gasteiger partial charge on any atom is 0.338 e. The predicted octanol–water partition coefficient (Wildman–Crippen LogP) is 24.5. The number of hydrogen-bond donors (Lipinski definition) is 0. The summed E-state index contributed by atoms with van der Waals surface area (Å²) < 4.78 is 49.7. The summed E-state index contributed by atoms with van der Waals surface area (Å²) in [6.07, 6.45) is 0.